The number of rotatable bonds is 9. The van der Waals surface area contributed by atoms with Gasteiger partial charge in [-0.3, -0.25) is 0 Å². The number of hydrazone groups is 1. The van der Waals surface area contributed by atoms with Gasteiger partial charge in [0.2, 0.25) is 0 Å². The van der Waals surface area contributed by atoms with Crippen LogP contribution < -0.4 is 25.0 Å². The summed E-state index contributed by atoms with van der Waals surface area (Å²) in [7, 11) is 1.54. The molecule has 0 atom stereocenters. The number of hydrogen-bond donors (Lipinski definition) is 2. The first-order chi connectivity index (χ1) is 15.6. The molecule has 7 nitrogen and oxygen atoms in total. The lowest BCUT2D eigenvalue weighted by Crippen LogP contribution is -2.41. The molecule has 8 heteroatoms. The molecule has 2 N–H and O–H groups in total. The van der Waals surface area contributed by atoms with Crippen molar-refractivity contribution < 1.29 is 19.0 Å². The molecule has 1 aliphatic rings. The topological polar surface area (TPSA) is 81.2 Å². The van der Waals surface area contributed by atoms with E-state index in [2.05, 4.69) is 15.8 Å². The van der Waals surface area contributed by atoms with Crippen molar-refractivity contribution in [3.63, 3.8) is 0 Å². The van der Waals surface area contributed by atoms with Crippen LogP contribution in [0.2, 0.25) is 5.02 Å². The van der Waals surface area contributed by atoms with Crippen molar-refractivity contribution in [3.05, 3.63) is 52.5 Å². The second-order valence-corrected chi connectivity index (χ2v) is 8.08. The molecule has 172 valence electrons. The normalized spacial score (nSPS) is 14.2. The molecule has 1 fully saturated rings. The lowest BCUT2D eigenvalue weighted by atomic mass is 9.96. The summed E-state index contributed by atoms with van der Waals surface area (Å²) in [5.41, 5.74) is 4.24. The Bertz CT molecular complexity index is 929. The van der Waals surface area contributed by atoms with Crippen LogP contribution in [0, 0.1) is 6.92 Å². The monoisotopic (exact) mass is 459 g/mol. The van der Waals surface area contributed by atoms with Crippen molar-refractivity contribution in [2.75, 3.05) is 20.3 Å². The van der Waals surface area contributed by atoms with Crippen LogP contribution in [-0.4, -0.2) is 38.6 Å². The average molecular weight is 460 g/mol. The van der Waals surface area contributed by atoms with E-state index in [-0.39, 0.29) is 12.1 Å². The summed E-state index contributed by atoms with van der Waals surface area (Å²) in [5, 5.41) is 7.34. The number of carbonyl (C=O) groups is 1. The standard InChI is InChI=1S/C24H30ClN3O4/c1-17-8-6-7-11-21(17)31-12-13-32-23-20(25)14-18(15-22(23)30-2)16-26-28-24(29)27-19-9-4-3-5-10-19/h6-8,11,14-16,19H,3-5,9-10,12-13H2,1-2H3,(H2,27,28,29)/b26-16+. The first-order valence-electron chi connectivity index (χ1n) is 10.8. The van der Waals surface area contributed by atoms with Crippen LogP contribution in [0.1, 0.15) is 43.2 Å². The minimum Gasteiger partial charge on any atom is -0.493 e. The Morgan fingerprint density at radius 3 is 2.62 bits per heavy atom. The number of carbonyl (C=O) groups excluding carboxylic acids is 1. The van der Waals surface area contributed by atoms with E-state index in [9.17, 15) is 4.79 Å². The molecular weight excluding hydrogens is 430 g/mol. The summed E-state index contributed by atoms with van der Waals surface area (Å²) in [4.78, 5) is 12.0. The van der Waals surface area contributed by atoms with Gasteiger partial charge >= 0.3 is 6.03 Å². The molecule has 2 amide bonds. The number of halogens is 1. The third-order valence-electron chi connectivity index (χ3n) is 5.25. The highest BCUT2D eigenvalue weighted by Gasteiger charge is 2.15. The van der Waals surface area contributed by atoms with E-state index in [4.69, 9.17) is 25.8 Å². The van der Waals surface area contributed by atoms with Gasteiger partial charge in [-0.1, -0.05) is 49.1 Å². The third-order valence-corrected chi connectivity index (χ3v) is 5.53. The molecule has 3 rings (SSSR count). The van der Waals surface area contributed by atoms with Gasteiger partial charge in [0.05, 0.1) is 18.3 Å². The molecule has 0 heterocycles. The zero-order valence-corrected chi connectivity index (χ0v) is 19.3. The fourth-order valence-electron chi connectivity index (χ4n) is 3.60. The summed E-state index contributed by atoms with van der Waals surface area (Å²) < 4.78 is 17.0. The maximum absolute atomic E-state index is 12.0. The number of ether oxygens (including phenoxy) is 3. The van der Waals surface area contributed by atoms with Gasteiger partial charge in [0, 0.05) is 6.04 Å². The number of nitrogens with one attached hydrogen (secondary N) is 2. The second kappa shape index (κ2) is 12.2. The zero-order valence-electron chi connectivity index (χ0n) is 18.5. The van der Waals surface area contributed by atoms with E-state index in [0.29, 0.717) is 35.3 Å². The first-order valence-corrected chi connectivity index (χ1v) is 11.2. The number of aryl methyl sites for hydroxylation is 1. The molecule has 0 unspecified atom stereocenters. The highest BCUT2D eigenvalue weighted by molar-refractivity contribution is 6.32. The van der Waals surface area contributed by atoms with E-state index >= 15 is 0 Å². The lowest BCUT2D eigenvalue weighted by molar-refractivity contribution is 0.210. The van der Waals surface area contributed by atoms with Crippen molar-refractivity contribution in [3.8, 4) is 17.2 Å². The van der Waals surface area contributed by atoms with Crippen LogP contribution in [0.25, 0.3) is 0 Å². The fourth-order valence-corrected chi connectivity index (χ4v) is 3.87. The Hall–Kier alpha value is -2.93. The van der Waals surface area contributed by atoms with Crippen LogP contribution in [0.3, 0.4) is 0 Å². The number of amides is 2. The Morgan fingerprint density at radius 1 is 1.12 bits per heavy atom. The summed E-state index contributed by atoms with van der Waals surface area (Å²) in [6, 6.07) is 11.2. The summed E-state index contributed by atoms with van der Waals surface area (Å²) in [5.74, 6) is 1.73. The van der Waals surface area contributed by atoms with E-state index in [1.165, 1.54) is 12.6 Å². The first kappa shape index (κ1) is 23.7. The predicted molar refractivity (Wildman–Crippen MR) is 126 cm³/mol. The largest absolute Gasteiger partial charge is 0.493 e. The smallest absolute Gasteiger partial charge is 0.335 e. The molecule has 0 aromatic heterocycles. The molecule has 32 heavy (non-hydrogen) atoms. The van der Waals surface area contributed by atoms with Gasteiger partial charge in [-0.25, -0.2) is 10.2 Å². The van der Waals surface area contributed by atoms with Gasteiger partial charge in [0.15, 0.2) is 11.5 Å². The van der Waals surface area contributed by atoms with E-state index in [0.717, 1.165) is 37.0 Å². The minimum atomic E-state index is -0.306. The van der Waals surface area contributed by atoms with Gasteiger partial charge < -0.3 is 19.5 Å². The maximum atomic E-state index is 12.0. The number of nitrogens with zero attached hydrogens (tertiary/aromatic N) is 1. The Labute approximate surface area is 194 Å². The van der Waals surface area contributed by atoms with E-state index in [1.807, 2.05) is 31.2 Å². The van der Waals surface area contributed by atoms with Gasteiger partial charge in [-0.2, -0.15) is 5.10 Å². The summed E-state index contributed by atoms with van der Waals surface area (Å²) >= 11 is 6.40. The molecule has 1 saturated carbocycles. The molecule has 0 saturated heterocycles. The number of urea groups is 1. The summed E-state index contributed by atoms with van der Waals surface area (Å²) in [6.45, 7) is 2.67. The van der Waals surface area contributed by atoms with Crippen molar-refractivity contribution >= 4 is 23.8 Å². The number of para-hydroxylation sites is 1. The zero-order chi connectivity index (χ0) is 22.8. The van der Waals surface area contributed by atoms with Crippen LogP contribution in [0.4, 0.5) is 4.79 Å². The molecule has 0 bridgehead atoms. The van der Waals surface area contributed by atoms with Gasteiger partial charge in [-0.15, -0.1) is 0 Å². The predicted octanol–water partition coefficient (Wildman–Crippen LogP) is 5.08. The average Bonchev–Trinajstić information content (AvgIpc) is 2.79. The highest BCUT2D eigenvalue weighted by Crippen LogP contribution is 2.36. The Morgan fingerprint density at radius 2 is 1.88 bits per heavy atom. The Balaban J connectivity index is 1.51. The van der Waals surface area contributed by atoms with Gasteiger partial charge in [0.1, 0.15) is 19.0 Å². The summed E-state index contributed by atoms with van der Waals surface area (Å²) in [6.07, 6.45) is 7.08. The third kappa shape index (κ3) is 7.05. The van der Waals surface area contributed by atoms with Crippen LogP contribution in [-0.2, 0) is 0 Å². The minimum absolute atomic E-state index is 0.222. The van der Waals surface area contributed by atoms with Gasteiger partial charge in [0.25, 0.3) is 0 Å². The van der Waals surface area contributed by atoms with E-state index in [1.54, 1.807) is 19.2 Å². The van der Waals surface area contributed by atoms with Crippen molar-refractivity contribution in [2.24, 2.45) is 5.10 Å². The van der Waals surface area contributed by atoms with Gasteiger partial charge in [-0.05, 0) is 49.1 Å². The molecule has 2 aromatic carbocycles. The second-order valence-electron chi connectivity index (χ2n) is 7.67. The van der Waals surface area contributed by atoms with Crippen molar-refractivity contribution in [2.45, 2.75) is 45.1 Å². The number of methoxy groups -OCH3 is 1. The van der Waals surface area contributed by atoms with Crippen molar-refractivity contribution in [1.29, 1.82) is 0 Å². The lowest BCUT2D eigenvalue weighted by Gasteiger charge is -2.22. The molecule has 0 aliphatic heterocycles. The van der Waals surface area contributed by atoms with Crippen molar-refractivity contribution in [1.82, 2.24) is 10.7 Å². The number of benzene rings is 2. The number of hydrogen-bond acceptors (Lipinski definition) is 5. The molecule has 0 radical (unpaired) electrons. The van der Waals surface area contributed by atoms with Crippen LogP contribution in [0.15, 0.2) is 41.5 Å². The molecule has 1 aliphatic carbocycles. The van der Waals surface area contributed by atoms with Crippen LogP contribution >= 0.6 is 11.6 Å². The molecule has 2 aromatic rings. The quantitative estimate of drug-likeness (QED) is 0.311. The highest BCUT2D eigenvalue weighted by atomic mass is 35.5. The Kier molecular flexibility index (Phi) is 9.04. The fraction of sp³-hybridized carbons (Fsp3) is 0.417. The maximum Gasteiger partial charge on any atom is 0.335 e. The van der Waals surface area contributed by atoms with Crippen LogP contribution in [0.5, 0.6) is 17.2 Å². The molecule has 0 spiro atoms. The molecular formula is C24H30ClN3O4. The van der Waals surface area contributed by atoms with E-state index < -0.39 is 0 Å². The SMILES string of the molecule is COc1cc(/C=N/NC(=O)NC2CCCCC2)cc(Cl)c1OCCOc1ccccc1C.